The maximum absolute atomic E-state index is 12.6. The van der Waals surface area contributed by atoms with E-state index >= 15 is 0 Å². The number of piperidine rings is 2. The number of hydrogen-bond donors (Lipinski definition) is 0. The average Bonchev–Trinajstić information content (AvgIpc) is 3.19. The molecule has 1 aliphatic carbocycles. The minimum absolute atomic E-state index is 0.249. The molecule has 142 valence electrons. The Morgan fingerprint density at radius 2 is 2.00 bits per heavy atom. The van der Waals surface area contributed by atoms with E-state index < -0.39 is 0 Å². The molecule has 0 bridgehead atoms. The predicted molar refractivity (Wildman–Crippen MR) is 103 cm³/mol. The number of likely N-dealkylation sites (tertiary alicyclic amines) is 1. The number of rotatable bonds is 3. The normalized spacial score (nSPS) is 27.5. The lowest BCUT2D eigenvalue weighted by Crippen LogP contribution is -2.56. The summed E-state index contributed by atoms with van der Waals surface area (Å²) in [7, 11) is 0. The van der Waals surface area contributed by atoms with Crippen LogP contribution in [-0.2, 0) is 11.2 Å². The van der Waals surface area contributed by atoms with E-state index in [2.05, 4.69) is 21.7 Å². The zero-order valence-corrected chi connectivity index (χ0v) is 16.3. The smallest absolute Gasteiger partial charge is 0.222 e. The van der Waals surface area contributed by atoms with Gasteiger partial charge in [-0.3, -0.25) is 4.79 Å². The Morgan fingerprint density at radius 3 is 2.77 bits per heavy atom. The number of nitrogens with zero attached hydrogens (tertiary/aromatic N) is 4. The Hall–Kier alpha value is -1.65. The Labute approximate surface area is 157 Å². The molecule has 1 spiro atoms. The zero-order valence-electron chi connectivity index (χ0n) is 16.3. The molecule has 2 saturated heterocycles. The van der Waals surface area contributed by atoms with Crippen LogP contribution in [0.25, 0.3) is 0 Å². The van der Waals surface area contributed by atoms with Gasteiger partial charge in [-0.1, -0.05) is 19.8 Å². The summed E-state index contributed by atoms with van der Waals surface area (Å²) >= 11 is 0. The van der Waals surface area contributed by atoms with Crippen molar-refractivity contribution in [1.82, 2.24) is 14.9 Å². The van der Waals surface area contributed by atoms with E-state index in [9.17, 15) is 4.79 Å². The Kier molecular flexibility index (Phi) is 4.89. The van der Waals surface area contributed by atoms with Crippen LogP contribution in [0.5, 0.6) is 0 Å². The van der Waals surface area contributed by atoms with Gasteiger partial charge in [-0.25, -0.2) is 9.97 Å². The second kappa shape index (κ2) is 7.16. The van der Waals surface area contributed by atoms with Crippen LogP contribution in [0.4, 0.5) is 5.82 Å². The van der Waals surface area contributed by atoms with Gasteiger partial charge in [0.25, 0.3) is 0 Å². The van der Waals surface area contributed by atoms with Crippen LogP contribution < -0.4 is 4.90 Å². The molecule has 1 aromatic rings. The maximum atomic E-state index is 12.6. The van der Waals surface area contributed by atoms with E-state index in [4.69, 9.17) is 4.98 Å². The van der Waals surface area contributed by atoms with Crippen LogP contribution >= 0.6 is 0 Å². The first-order valence-electron chi connectivity index (χ1n) is 10.5. The molecule has 1 saturated carbocycles. The number of carbonyl (C=O) groups is 1. The minimum atomic E-state index is 0.249. The topological polar surface area (TPSA) is 49.3 Å². The van der Waals surface area contributed by atoms with E-state index in [-0.39, 0.29) is 5.41 Å². The van der Waals surface area contributed by atoms with Crippen LogP contribution in [0.1, 0.15) is 69.7 Å². The lowest BCUT2D eigenvalue weighted by Gasteiger charge is -2.50. The van der Waals surface area contributed by atoms with Gasteiger partial charge >= 0.3 is 0 Å². The van der Waals surface area contributed by atoms with Crippen molar-refractivity contribution in [1.29, 1.82) is 0 Å². The first kappa shape index (κ1) is 17.7. The van der Waals surface area contributed by atoms with Gasteiger partial charge in [-0.05, 0) is 45.4 Å². The van der Waals surface area contributed by atoms with Crippen molar-refractivity contribution in [3.63, 3.8) is 0 Å². The number of hydrogen-bond acceptors (Lipinski definition) is 4. The Morgan fingerprint density at radius 1 is 1.19 bits per heavy atom. The zero-order chi connectivity index (χ0) is 18.1. The second-order valence-electron chi connectivity index (χ2n) is 8.60. The molecule has 1 atom stereocenters. The lowest BCUT2D eigenvalue weighted by atomic mass is 9.73. The van der Waals surface area contributed by atoms with Gasteiger partial charge in [-0.15, -0.1) is 0 Å². The summed E-state index contributed by atoms with van der Waals surface area (Å²) in [6.45, 7) is 7.22. The van der Waals surface area contributed by atoms with E-state index in [1.807, 2.05) is 13.1 Å². The van der Waals surface area contributed by atoms with Gasteiger partial charge in [0.1, 0.15) is 11.6 Å². The quantitative estimate of drug-likeness (QED) is 0.832. The van der Waals surface area contributed by atoms with E-state index in [1.165, 1.54) is 44.1 Å². The summed E-state index contributed by atoms with van der Waals surface area (Å²) in [4.78, 5) is 26.5. The van der Waals surface area contributed by atoms with Gasteiger partial charge in [0.15, 0.2) is 0 Å². The Bertz CT molecular complexity index is 670. The number of aromatic nitrogens is 2. The van der Waals surface area contributed by atoms with E-state index in [0.717, 1.165) is 50.5 Å². The SMILES string of the molecule is CCc1cnc(C)nc1N1CCC[C@]2(CCC(=O)N(C3CCCC3)C2)C1. The van der Waals surface area contributed by atoms with E-state index in [0.29, 0.717) is 11.9 Å². The second-order valence-corrected chi connectivity index (χ2v) is 8.60. The van der Waals surface area contributed by atoms with Gasteiger partial charge in [-0.2, -0.15) is 0 Å². The van der Waals surface area contributed by atoms with Gasteiger partial charge < -0.3 is 9.80 Å². The highest BCUT2D eigenvalue weighted by atomic mass is 16.2. The van der Waals surface area contributed by atoms with Gasteiger partial charge in [0.05, 0.1) is 0 Å². The van der Waals surface area contributed by atoms with Crippen molar-refractivity contribution < 1.29 is 4.79 Å². The predicted octanol–water partition coefficient (Wildman–Crippen LogP) is 3.50. The molecule has 3 fully saturated rings. The van der Waals surface area contributed by atoms with Crippen molar-refractivity contribution in [3.05, 3.63) is 17.6 Å². The van der Waals surface area contributed by atoms with Crippen molar-refractivity contribution in [2.45, 2.75) is 77.7 Å². The maximum Gasteiger partial charge on any atom is 0.222 e. The number of amides is 1. The molecule has 0 aromatic carbocycles. The third-order valence-electron chi connectivity index (χ3n) is 6.76. The average molecular weight is 357 g/mol. The summed E-state index contributed by atoms with van der Waals surface area (Å²) < 4.78 is 0. The summed E-state index contributed by atoms with van der Waals surface area (Å²) in [6, 6.07) is 0.502. The summed E-state index contributed by atoms with van der Waals surface area (Å²) in [5.41, 5.74) is 1.49. The van der Waals surface area contributed by atoms with E-state index in [1.54, 1.807) is 0 Å². The molecule has 1 amide bonds. The van der Waals surface area contributed by atoms with Crippen molar-refractivity contribution in [2.24, 2.45) is 5.41 Å². The standard InChI is InChI=1S/C21H32N4O/c1-3-17-13-22-16(2)23-20(17)24-12-6-10-21(14-24)11-9-19(26)25(15-21)18-7-4-5-8-18/h13,18H,3-12,14-15H2,1-2H3/t21-/m0/s1. The van der Waals surface area contributed by atoms with Gasteiger partial charge in [0.2, 0.25) is 5.91 Å². The molecule has 3 heterocycles. The van der Waals surface area contributed by atoms with Crippen LogP contribution in [0, 0.1) is 12.3 Å². The molecular formula is C21H32N4O. The fraction of sp³-hybridized carbons (Fsp3) is 0.762. The number of carbonyl (C=O) groups excluding carboxylic acids is 1. The highest BCUT2D eigenvalue weighted by molar-refractivity contribution is 5.77. The van der Waals surface area contributed by atoms with Crippen LogP contribution in [0.15, 0.2) is 6.20 Å². The third kappa shape index (κ3) is 3.33. The molecule has 1 aromatic heterocycles. The van der Waals surface area contributed by atoms with Crippen molar-refractivity contribution >= 4 is 11.7 Å². The minimum Gasteiger partial charge on any atom is -0.356 e. The molecule has 5 nitrogen and oxygen atoms in total. The van der Waals surface area contributed by atoms with Crippen LogP contribution in [0.2, 0.25) is 0 Å². The highest BCUT2D eigenvalue weighted by Crippen LogP contribution is 2.42. The number of aryl methyl sites for hydroxylation is 2. The largest absolute Gasteiger partial charge is 0.356 e. The van der Waals surface area contributed by atoms with Crippen LogP contribution in [0.3, 0.4) is 0 Å². The summed E-state index contributed by atoms with van der Waals surface area (Å²) in [5, 5.41) is 0. The third-order valence-corrected chi connectivity index (χ3v) is 6.76. The molecule has 2 aliphatic heterocycles. The molecule has 26 heavy (non-hydrogen) atoms. The van der Waals surface area contributed by atoms with Crippen molar-refractivity contribution in [3.8, 4) is 0 Å². The van der Waals surface area contributed by atoms with Crippen LogP contribution in [-0.4, -0.2) is 46.5 Å². The fourth-order valence-electron chi connectivity index (χ4n) is 5.32. The molecular weight excluding hydrogens is 324 g/mol. The number of anilines is 1. The summed E-state index contributed by atoms with van der Waals surface area (Å²) in [5.74, 6) is 2.37. The molecule has 5 heteroatoms. The monoisotopic (exact) mass is 356 g/mol. The first-order chi connectivity index (χ1) is 12.6. The molecule has 4 rings (SSSR count). The fourth-order valence-corrected chi connectivity index (χ4v) is 5.32. The molecule has 0 N–H and O–H groups in total. The van der Waals surface area contributed by atoms with Crippen molar-refractivity contribution in [2.75, 3.05) is 24.5 Å². The highest BCUT2D eigenvalue weighted by Gasteiger charge is 2.44. The molecule has 3 aliphatic rings. The first-order valence-corrected chi connectivity index (χ1v) is 10.5. The molecule has 0 unspecified atom stereocenters. The Balaban J connectivity index is 1.56. The lowest BCUT2D eigenvalue weighted by molar-refractivity contribution is -0.140. The molecule has 0 radical (unpaired) electrons. The van der Waals surface area contributed by atoms with Gasteiger partial charge in [0, 0.05) is 49.3 Å². The summed E-state index contributed by atoms with van der Waals surface area (Å²) in [6.07, 6.45) is 12.1.